The molecule has 0 aliphatic carbocycles. The summed E-state index contributed by atoms with van der Waals surface area (Å²) in [7, 11) is -3.14. The van der Waals surface area contributed by atoms with Crippen molar-refractivity contribution in [1.82, 2.24) is 9.97 Å². The molecule has 0 bridgehead atoms. The summed E-state index contributed by atoms with van der Waals surface area (Å²) in [5, 5.41) is 2.24. The van der Waals surface area contributed by atoms with Crippen molar-refractivity contribution in [3.8, 4) is 11.5 Å². The fourth-order valence-corrected chi connectivity index (χ4v) is 6.36. The SMILES string of the molecule is O=P(c1ccccc1)(c1ccccc1)c1ccccc1-c1nc2ncccc2o1. The molecule has 3 aromatic carbocycles. The Morgan fingerprint density at radius 1 is 0.690 bits per heavy atom. The molecule has 0 aliphatic heterocycles. The van der Waals surface area contributed by atoms with Gasteiger partial charge in [0.2, 0.25) is 5.89 Å². The molecular weight excluding hydrogens is 379 g/mol. The smallest absolute Gasteiger partial charge is 0.229 e. The highest BCUT2D eigenvalue weighted by Gasteiger charge is 2.33. The first kappa shape index (κ1) is 17.6. The Labute approximate surface area is 168 Å². The number of nitrogens with zero attached hydrogens (tertiary/aromatic N) is 2. The molecule has 4 nitrogen and oxygen atoms in total. The van der Waals surface area contributed by atoms with Gasteiger partial charge in [-0.15, -0.1) is 0 Å². The van der Waals surface area contributed by atoms with Crippen LogP contribution in [0.1, 0.15) is 0 Å². The molecule has 0 saturated heterocycles. The predicted molar refractivity (Wildman–Crippen MR) is 117 cm³/mol. The molecule has 0 saturated carbocycles. The summed E-state index contributed by atoms with van der Waals surface area (Å²) in [5.74, 6) is 0.418. The van der Waals surface area contributed by atoms with E-state index in [4.69, 9.17) is 4.42 Å². The Morgan fingerprint density at radius 2 is 1.31 bits per heavy atom. The second-order valence-corrected chi connectivity index (χ2v) is 9.37. The first-order valence-electron chi connectivity index (χ1n) is 9.29. The lowest BCUT2D eigenvalue weighted by atomic mass is 10.2. The van der Waals surface area contributed by atoms with E-state index in [0.29, 0.717) is 28.0 Å². The Kier molecular flexibility index (Phi) is 4.34. The van der Waals surface area contributed by atoms with Crippen LogP contribution >= 0.6 is 7.14 Å². The molecular formula is C24H17N2O2P. The lowest BCUT2D eigenvalue weighted by Crippen LogP contribution is -2.26. The average Bonchev–Trinajstić information content (AvgIpc) is 3.24. The van der Waals surface area contributed by atoms with Crippen molar-refractivity contribution in [3.05, 3.63) is 103 Å². The molecule has 0 spiro atoms. The van der Waals surface area contributed by atoms with Crippen LogP contribution in [-0.2, 0) is 4.57 Å². The summed E-state index contributed by atoms with van der Waals surface area (Å²) in [4.78, 5) is 8.81. The number of pyridine rings is 1. The van der Waals surface area contributed by atoms with E-state index in [0.717, 1.165) is 10.6 Å². The number of fused-ring (bicyclic) bond motifs is 1. The second kappa shape index (κ2) is 7.16. The summed E-state index contributed by atoms with van der Waals surface area (Å²) >= 11 is 0. The standard InChI is InChI=1S/C24H17N2O2P/c27-29(18-10-3-1-4-11-18,19-12-5-2-6-13-19)22-16-8-7-14-20(22)24-26-23-21(28-24)15-9-17-25-23/h1-17H. The summed E-state index contributed by atoms with van der Waals surface area (Å²) in [5.41, 5.74) is 1.85. The molecule has 0 unspecified atom stereocenters. The van der Waals surface area contributed by atoms with Crippen LogP contribution in [0.3, 0.4) is 0 Å². The highest BCUT2D eigenvalue weighted by atomic mass is 31.2. The Hall–Kier alpha value is -3.49. The lowest BCUT2D eigenvalue weighted by molar-refractivity contribution is 0.592. The van der Waals surface area contributed by atoms with Gasteiger partial charge in [0.25, 0.3) is 0 Å². The third-order valence-electron chi connectivity index (χ3n) is 4.88. The minimum absolute atomic E-state index is 0.418. The second-order valence-electron chi connectivity index (χ2n) is 6.64. The van der Waals surface area contributed by atoms with Crippen molar-refractivity contribution in [3.63, 3.8) is 0 Å². The largest absolute Gasteiger partial charge is 0.434 e. The number of benzene rings is 3. The zero-order valence-electron chi connectivity index (χ0n) is 15.5. The zero-order valence-corrected chi connectivity index (χ0v) is 16.4. The molecule has 5 rings (SSSR count). The molecule has 0 amide bonds. The van der Waals surface area contributed by atoms with Crippen LogP contribution in [0, 0.1) is 0 Å². The van der Waals surface area contributed by atoms with E-state index in [1.807, 2.05) is 97.1 Å². The topological polar surface area (TPSA) is 56.0 Å². The summed E-state index contributed by atoms with van der Waals surface area (Å²) in [6.07, 6.45) is 1.68. The van der Waals surface area contributed by atoms with Gasteiger partial charge >= 0.3 is 0 Å². The summed E-state index contributed by atoms with van der Waals surface area (Å²) in [6, 6.07) is 30.4. The molecule has 0 fully saturated rings. The number of hydrogen-bond donors (Lipinski definition) is 0. The van der Waals surface area contributed by atoms with Crippen molar-refractivity contribution in [2.24, 2.45) is 0 Å². The highest BCUT2D eigenvalue weighted by molar-refractivity contribution is 7.85. The maximum absolute atomic E-state index is 14.7. The molecule has 5 aromatic rings. The molecule has 0 radical (unpaired) electrons. The van der Waals surface area contributed by atoms with Gasteiger partial charge in [0, 0.05) is 27.7 Å². The van der Waals surface area contributed by atoms with Gasteiger partial charge in [0.05, 0.1) is 0 Å². The van der Waals surface area contributed by atoms with Gasteiger partial charge in [-0.3, -0.25) is 0 Å². The molecule has 5 heteroatoms. The van der Waals surface area contributed by atoms with Crippen molar-refractivity contribution in [2.75, 3.05) is 0 Å². The maximum atomic E-state index is 14.7. The van der Waals surface area contributed by atoms with E-state index >= 15 is 0 Å². The third kappa shape index (κ3) is 2.98. The molecule has 29 heavy (non-hydrogen) atoms. The van der Waals surface area contributed by atoms with Crippen LogP contribution in [-0.4, -0.2) is 9.97 Å². The summed E-state index contributed by atoms with van der Waals surface area (Å²) in [6.45, 7) is 0. The zero-order chi connectivity index (χ0) is 19.7. The van der Waals surface area contributed by atoms with Gasteiger partial charge < -0.3 is 8.98 Å². The minimum Gasteiger partial charge on any atom is -0.434 e. The van der Waals surface area contributed by atoms with Gasteiger partial charge in [0.1, 0.15) is 0 Å². The van der Waals surface area contributed by atoms with Crippen LogP contribution in [0.4, 0.5) is 0 Å². The number of oxazole rings is 1. The quantitative estimate of drug-likeness (QED) is 0.419. The lowest BCUT2D eigenvalue weighted by Gasteiger charge is -2.21. The molecule has 2 heterocycles. The molecule has 0 atom stereocenters. The number of aromatic nitrogens is 2. The Morgan fingerprint density at radius 3 is 1.97 bits per heavy atom. The first-order valence-corrected chi connectivity index (χ1v) is 11.0. The monoisotopic (exact) mass is 396 g/mol. The highest BCUT2D eigenvalue weighted by Crippen LogP contribution is 2.45. The van der Waals surface area contributed by atoms with Gasteiger partial charge in [-0.25, -0.2) is 4.98 Å². The van der Waals surface area contributed by atoms with Gasteiger partial charge in [-0.1, -0.05) is 78.9 Å². The van der Waals surface area contributed by atoms with E-state index < -0.39 is 7.14 Å². The van der Waals surface area contributed by atoms with Crippen molar-refractivity contribution < 1.29 is 8.98 Å². The molecule has 0 N–H and O–H groups in total. The number of hydrogen-bond acceptors (Lipinski definition) is 4. The van der Waals surface area contributed by atoms with Crippen LogP contribution < -0.4 is 15.9 Å². The van der Waals surface area contributed by atoms with E-state index in [1.165, 1.54) is 0 Å². The fourth-order valence-electron chi connectivity index (χ4n) is 3.52. The average molecular weight is 396 g/mol. The van der Waals surface area contributed by atoms with Gasteiger partial charge in [-0.2, -0.15) is 4.98 Å². The van der Waals surface area contributed by atoms with Gasteiger partial charge in [-0.05, 0) is 18.2 Å². The molecule has 140 valence electrons. The minimum atomic E-state index is -3.14. The van der Waals surface area contributed by atoms with E-state index in [1.54, 1.807) is 6.20 Å². The van der Waals surface area contributed by atoms with Crippen LogP contribution in [0.15, 0.2) is 108 Å². The van der Waals surface area contributed by atoms with E-state index in [-0.39, 0.29) is 0 Å². The van der Waals surface area contributed by atoms with Crippen molar-refractivity contribution in [1.29, 1.82) is 0 Å². The molecule has 2 aromatic heterocycles. The summed E-state index contributed by atoms with van der Waals surface area (Å²) < 4.78 is 20.7. The molecule has 0 aliphatic rings. The van der Waals surface area contributed by atoms with Gasteiger partial charge in [0.15, 0.2) is 18.4 Å². The predicted octanol–water partition coefficient (Wildman–Crippen LogP) is 4.53. The van der Waals surface area contributed by atoms with Crippen LogP contribution in [0.2, 0.25) is 0 Å². The third-order valence-corrected chi connectivity index (χ3v) is 8.00. The van der Waals surface area contributed by atoms with E-state index in [2.05, 4.69) is 9.97 Å². The number of rotatable bonds is 4. The van der Waals surface area contributed by atoms with Crippen LogP contribution in [0.5, 0.6) is 0 Å². The Balaban J connectivity index is 1.80. The normalized spacial score (nSPS) is 11.6. The van der Waals surface area contributed by atoms with E-state index in [9.17, 15) is 4.57 Å². The van der Waals surface area contributed by atoms with Crippen molar-refractivity contribution in [2.45, 2.75) is 0 Å². The first-order chi connectivity index (χ1) is 14.3. The van der Waals surface area contributed by atoms with Crippen molar-refractivity contribution >= 4 is 34.3 Å². The Bertz CT molecular complexity index is 1250. The fraction of sp³-hybridized carbons (Fsp3) is 0. The maximum Gasteiger partial charge on any atom is 0.229 e. The van der Waals surface area contributed by atoms with Crippen LogP contribution in [0.25, 0.3) is 22.7 Å².